The first-order chi connectivity index (χ1) is 9.36. The molecule has 2 N–H and O–H groups in total. The van der Waals surface area contributed by atoms with Crippen LogP contribution in [0.5, 0.6) is 5.75 Å². The molecule has 1 aromatic rings. The van der Waals surface area contributed by atoms with Gasteiger partial charge in [0.15, 0.2) is 0 Å². The largest absolute Gasteiger partial charge is 0.495 e. The Hall–Kier alpha value is -0.820. The monoisotopic (exact) mass is 320 g/mol. The molecule has 0 radical (unpaired) electrons. The minimum atomic E-state index is -3.53. The third-order valence-corrected chi connectivity index (χ3v) is 4.39. The number of benzene rings is 1. The highest BCUT2D eigenvalue weighted by atomic mass is 35.5. The highest BCUT2D eigenvalue weighted by Gasteiger charge is 2.15. The van der Waals surface area contributed by atoms with Gasteiger partial charge in [-0.2, -0.15) is 0 Å². The van der Waals surface area contributed by atoms with Gasteiger partial charge in [0.05, 0.1) is 17.0 Å². The van der Waals surface area contributed by atoms with Gasteiger partial charge in [-0.25, -0.2) is 13.1 Å². The first-order valence-electron chi connectivity index (χ1n) is 6.43. The number of hydrogen-bond acceptors (Lipinski definition) is 4. The van der Waals surface area contributed by atoms with Crippen molar-refractivity contribution < 1.29 is 13.2 Å². The van der Waals surface area contributed by atoms with Crippen LogP contribution in [0.25, 0.3) is 0 Å². The summed E-state index contributed by atoms with van der Waals surface area (Å²) >= 11 is 5.93. The molecule has 0 fully saturated rings. The number of nitrogens with one attached hydrogen (secondary N) is 2. The summed E-state index contributed by atoms with van der Waals surface area (Å²) in [4.78, 5) is 0.139. The number of hydrogen-bond donors (Lipinski definition) is 2. The summed E-state index contributed by atoms with van der Waals surface area (Å²) in [5, 5.41) is 3.50. The van der Waals surface area contributed by atoms with E-state index in [1.807, 2.05) is 13.8 Å². The van der Waals surface area contributed by atoms with E-state index in [4.69, 9.17) is 16.3 Å². The lowest BCUT2D eigenvalue weighted by Gasteiger charge is -2.10. The minimum absolute atomic E-state index is 0.139. The molecule has 0 aliphatic rings. The number of halogens is 1. The second-order valence-electron chi connectivity index (χ2n) is 4.66. The van der Waals surface area contributed by atoms with Crippen molar-refractivity contribution in [2.24, 2.45) is 0 Å². The van der Waals surface area contributed by atoms with Gasteiger partial charge in [0.25, 0.3) is 0 Å². The van der Waals surface area contributed by atoms with Crippen LogP contribution in [0.15, 0.2) is 23.1 Å². The zero-order valence-electron chi connectivity index (χ0n) is 11.9. The quantitative estimate of drug-likeness (QED) is 0.719. The van der Waals surface area contributed by atoms with Gasteiger partial charge in [-0.05, 0) is 31.2 Å². The van der Waals surface area contributed by atoms with Gasteiger partial charge in [0.2, 0.25) is 10.0 Å². The number of ether oxygens (including phenoxy) is 1. The first-order valence-corrected chi connectivity index (χ1v) is 8.29. The summed E-state index contributed by atoms with van der Waals surface area (Å²) < 4.78 is 31.6. The van der Waals surface area contributed by atoms with Crippen molar-refractivity contribution in [3.8, 4) is 5.75 Å². The van der Waals surface area contributed by atoms with Crippen LogP contribution < -0.4 is 14.8 Å². The minimum Gasteiger partial charge on any atom is -0.495 e. The van der Waals surface area contributed by atoms with Gasteiger partial charge in [-0.1, -0.05) is 25.4 Å². The maximum absolute atomic E-state index is 12.1. The van der Waals surface area contributed by atoms with Crippen molar-refractivity contribution in [3.63, 3.8) is 0 Å². The molecule has 114 valence electrons. The highest BCUT2D eigenvalue weighted by molar-refractivity contribution is 7.89. The molecule has 0 bridgehead atoms. The molecule has 0 aliphatic heterocycles. The lowest BCUT2D eigenvalue weighted by Crippen LogP contribution is -2.29. The standard InChI is InChI=1S/C13H21ClN2O3S/c1-10(2)15-7-4-8-16-20(17,18)11-5-6-13(19-3)12(14)9-11/h5-6,9-10,15-16H,4,7-8H2,1-3H3. The SMILES string of the molecule is COc1ccc(S(=O)(=O)NCCCNC(C)C)cc1Cl. The van der Waals surface area contributed by atoms with Crippen molar-refractivity contribution in [1.82, 2.24) is 10.0 Å². The molecule has 1 rings (SSSR count). The molecular formula is C13H21ClN2O3S. The zero-order valence-corrected chi connectivity index (χ0v) is 13.5. The lowest BCUT2D eigenvalue weighted by molar-refractivity contribution is 0.414. The molecular weight excluding hydrogens is 300 g/mol. The van der Waals surface area contributed by atoms with E-state index in [1.165, 1.54) is 25.3 Å². The summed E-state index contributed by atoms with van der Waals surface area (Å²) in [6.45, 7) is 5.24. The molecule has 0 saturated carbocycles. The summed E-state index contributed by atoms with van der Waals surface area (Å²) in [5.74, 6) is 0.451. The summed E-state index contributed by atoms with van der Waals surface area (Å²) in [6, 6.07) is 4.79. The smallest absolute Gasteiger partial charge is 0.240 e. The Labute approximate surface area is 125 Å². The van der Waals surface area contributed by atoms with E-state index in [0.717, 1.165) is 13.0 Å². The maximum atomic E-state index is 12.1. The second-order valence-corrected chi connectivity index (χ2v) is 6.83. The molecule has 0 spiro atoms. The Kier molecular flexibility index (Phi) is 6.75. The van der Waals surface area contributed by atoms with Gasteiger partial charge in [-0.3, -0.25) is 0 Å². The van der Waals surface area contributed by atoms with Crippen molar-refractivity contribution in [3.05, 3.63) is 23.2 Å². The van der Waals surface area contributed by atoms with Gasteiger partial charge < -0.3 is 10.1 Å². The molecule has 5 nitrogen and oxygen atoms in total. The summed E-state index contributed by atoms with van der Waals surface area (Å²) in [5.41, 5.74) is 0. The van der Waals surface area contributed by atoms with Crippen LogP contribution in [0.3, 0.4) is 0 Å². The Morgan fingerprint density at radius 2 is 2.00 bits per heavy atom. The lowest BCUT2D eigenvalue weighted by atomic mass is 10.3. The van der Waals surface area contributed by atoms with Crippen LogP contribution in [0.2, 0.25) is 5.02 Å². The first kappa shape index (κ1) is 17.2. The van der Waals surface area contributed by atoms with E-state index in [2.05, 4.69) is 10.0 Å². The average Bonchev–Trinajstić information content (AvgIpc) is 2.37. The van der Waals surface area contributed by atoms with E-state index in [9.17, 15) is 8.42 Å². The van der Waals surface area contributed by atoms with Crippen LogP contribution >= 0.6 is 11.6 Å². The zero-order chi connectivity index (χ0) is 15.2. The molecule has 1 aromatic carbocycles. The van der Waals surface area contributed by atoms with E-state index in [0.29, 0.717) is 18.3 Å². The van der Waals surface area contributed by atoms with Crippen LogP contribution in [-0.2, 0) is 10.0 Å². The maximum Gasteiger partial charge on any atom is 0.240 e. The molecule has 0 unspecified atom stereocenters. The topological polar surface area (TPSA) is 67.4 Å². The predicted molar refractivity (Wildman–Crippen MR) is 80.9 cm³/mol. The van der Waals surface area contributed by atoms with E-state index in [-0.39, 0.29) is 9.92 Å². The molecule has 0 saturated heterocycles. The predicted octanol–water partition coefficient (Wildman–Crippen LogP) is 2.01. The Morgan fingerprint density at radius 1 is 1.30 bits per heavy atom. The molecule has 0 atom stereocenters. The summed E-state index contributed by atoms with van der Waals surface area (Å²) in [7, 11) is -2.04. The van der Waals surface area contributed by atoms with E-state index >= 15 is 0 Å². The number of methoxy groups -OCH3 is 1. The van der Waals surface area contributed by atoms with Crippen molar-refractivity contribution >= 4 is 21.6 Å². The van der Waals surface area contributed by atoms with Crippen LogP contribution in [0, 0.1) is 0 Å². The fraction of sp³-hybridized carbons (Fsp3) is 0.538. The van der Waals surface area contributed by atoms with E-state index in [1.54, 1.807) is 0 Å². The highest BCUT2D eigenvalue weighted by Crippen LogP contribution is 2.26. The normalized spacial score (nSPS) is 11.8. The third kappa shape index (κ3) is 5.28. The second kappa shape index (κ2) is 7.83. The molecule has 20 heavy (non-hydrogen) atoms. The molecule has 0 heterocycles. The van der Waals surface area contributed by atoms with Crippen LogP contribution in [0.4, 0.5) is 0 Å². The summed E-state index contributed by atoms with van der Waals surface area (Å²) in [6.07, 6.45) is 0.724. The van der Waals surface area contributed by atoms with Crippen molar-refractivity contribution in [2.45, 2.75) is 31.2 Å². The van der Waals surface area contributed by atoms with Crippen LogP contribution in [0.1, 0.15) is 20.3 Å². The average molecular weight is 321 g/mol. The van der Waals surface area contributed by atoms with Gasteiger partial charge in [0.1, 0.15) is 5.75 Å². The number of sulfonamides is 1. The van der Waals surface area contributed by atoms with Gasteiger partial charge in [0, 0.05) is 12.6 Å². The van der Waals surface area contributed by atoms with Crippen molar-refractivity contribution in [2.75, 3.05) is 20.2 Å². The Morgan fingerprint density at radius 3 is 2.55 bits per heavy atom. The van der Waals surface area contributed by atoms with Gasteiger partial charge >= 0.3 is 0 Å². The molecule has 0 aliphatic carbocycles. The molecule has 7 heteroatoms. The third-order valence-electron chi connectivity index (χ3n) is 2.63. The van der Waals surface area contributed by atoms with E-state index < -0.39 is 10.0 Å². The van der Waals surface area contributed by atoms with Crippen LogP contribution in [-0.4, -0.2) is 34.7 Å². The fourth-order valence-corrected chi connectivity index (χ4v) is 3.01. The number of rotatable bonds is 8. The Balaban J connectivity index is 2.58. The van der Waals surface area contributed by atoms with Gasteiger partial charge in [-0.15, -0.1) is 0 Å². The molecule has 0 aromatic heterocycles. The molecule has 0 amide bonds. The van der Waals surface area contributed by atoms with Crippen molar-refractivity contribution in [1.29, 1.82) is 0 Å². The Bertz CT molecular complexity index is 532. The fourth-order valence-electron chi connectivity index (χ4n) is 1.58.